The summed E-state index contributed by atoms with van der Waals surface area (Å²) in [6, 6.07) is 12.2. The normalized spacial score (nSPS) is 17.5. The topological polar surface area (TPSA) is 83.5 Å². The lowest BCUT2D eigenvalue weighted by molar-refractivity contribution is -0.120. The number of ether oxygens (including phenoxy) is 1. The van der Waals surface area contributed by atoms with Gasteiger partial charge < -0.3 is 15.0 Å². The predicted molar refractivity (Wildman–Crippen MR) is 139 cm³/mol. The molecule has 1 amide bonds. The van der Waals surface area contributed by atoms with E-state index in [4.69, 9.17) is 9.72 Å². The largest absolute Gasteiger partial charge is 0.379 e. The summed E-state index contributed by atoms with van der Waals surface area (Å²) in [5.41, 5.74) is 3.98. The molecule has 35 heavy (non-hydrogen) atoms. The van der Waals surface area contributed by atoms with Gasteiger partial charge in [0.1, 0.15) is 0 Å². The Kier molecular flexibility index (Phi) is 7.36. The van der Waals surface area contributed by atoms with Crippen LogP contribution in [0.5, 0.6) is 0 Å². The van der Waals surface area contributed by atoms with E-state index in [-0.39, 0.29) is 11.8 Å². The standard InChI is InChI=1S/C26H32N6O2S/c1-18-16-19(2)28-25(27-18)32-10-8-21(9-11-32)24(33)30-26-29-23(20-6-4-3-5-7-20)22(35-26)17-31-12-14-34-15-13-31/h3-7,16,21H,8-15,17H2,1-2H3,(H,29,30,33). The Morgan fingerprint density at radius 1 is 1.03 bits per heavy atom. The fourth-order valence-electron chi connectivity index (χ4n) is 4.69. The van der Waals surface area contributed by atoms with Crippen LogP contribution in [0.15, 0.2) is 36.4 Å². The first kappa shape index (κ1) is 23.8. The van der Waals surface area contributed by atoms with Crippen molar-refractivity contribution in [1.82, 2.24) is 19.9 Å². The fourth-order valence-corrected chi connectivity index (χ4v) is 5.72. The summed E-state index contributed by atoms with van der Waals surface area (Å²) in [6.07, 6.45) is 1.56. The van der Waals surface area contributed by atoms with Crippen LogP contribution in [0.2, 0.25) is 0 Å². The maximum atomic E-state index is 13.1. The van der Waals surface area contributed by atoms with Crippen molar-refractivity contribution >= 4 is 28.3 Å². The van der Waals surface area contributed by atoms with Crippen molar-refractivity contribution in [3.05, 3.63) is 52.7 Å². The van der Waals surface area contributed by atoms with Gasteiger partial charge in [0.2, 0.25) is 11.9 Å². The first-order chi connectivity index (χ1) is 17.0. The Balaban J connectivity index is 1.26. The molecule has 1 aromatic carbocycles. The van der Waals surface area contributed by atoms with Crippen molar-refractivity contribution in [1.29, 1.82) is 0 Å². The molecule has 2 aromatic heterocycles. The molecule has 2 saturated heterocycles. The lowest BCUT2D eigenvalue weighted by Crippen LogP contribution is -2.39. The van der Waals surface area contributed by atoms with Crippen molar-refractivity contribution in [2.45, 2.75) is 33.2 Å². The fraction of sp³-hybridized carbons (Fsp3) is 0.462. The van der Waals surface area contributed by atoms with E-state index in [0.717, 1.165) is 87.4 Å². The number of carbonyl (C=O) groups is 1. The van der Waals surface area contributed by atoms with Crippen LogP contribution in [-0.4, -0.2) is 65.2 Å². The second kappa shape index (κ2) is 10.8. The highest BCUT2D eigenvalue weighted by atomic mass is 32.1. The minimum absolute atomic E-state index is 0.0380. The van der Waals surface area contributed by atoms with Gasteiger partial charge in [-0.05, 0) is 32.8 Å². The van der Waals surface area contributed by atoms with Crippen molar-refractivity contribution in [3.8, 4) is 11.3 Å². The molecule has 9 heteroatoms. The van der Waals surface area contributed by atoms with Gasteiger partial charge in [0, 0.05) is 60.5 Å². The number of aryl methyl sites for hydroxylation is 2. The van der Waals surface area contributed by atoms with Crippen LogP contribution in [0.3, 0.4) is 0 Å². The lowest BCUT2D eigenvalue weighted by Gasteiger charge is -2.31. The number of aromatic nitrogens is 3. The summed E-state index contributed by atoms with van der Waals surface area (Å²) in [7, 11) is 0. The number of nitrogens with one attached hydrogen (secondary N) is 1. The van der Waals surface area contributed by atoms with E-state index in [0.29, 0.717) is 5.13 Å². The van der Waals surface area contributed by atoms with Crippen LogP contribution in [0.25, 0.3) is 11.3 Å². The molecule has 1 N–H and O–H groups in total. The first-order valence-corrected chi connectivity index (χ1v) is 13.1. The molecule has 2 aliphatic heterocycles. The Labute approximate surface area is 210 Å². The number of carbonyl (C=O) groups excluding carboxylic acids is 1. The number of hydrogen-bond donors (Lipinski definition) is 1. The molecule has 2 fully saturated rings. The monoisotopic (exact) mass is 492 g/mol. The van der Waals surface area contributed by atoms with Gasteiger partial charge in [-0.1, -0.05) is 41.7 Å². The van der Waals surface area contributed by atoms with Crippen molar-refractivity contribution in [2.24, 2.45) is 5.92 Å². The molecule has 184 valence electrons. The molecule has 0 radical (unpaired) electrons. The van der Waals surface area contributed by atoms with Crippen molar-refractivity contribution in [2.75, 3.05) is 49.6 Å². The zero-order valence-electron chi connectivity index (χ0n) is 20.4. The zero-order valence-corrected chi connectivity index (χ0v) is 21.2. The van der Waals surface area contributed by atoms with Crippen LogP contribution >= 0.6 is 11.3 Å². The van der Waals surface area contributed by atoms with Gasteiger partial charge >= 0.3 is 0 Å². The molecule has 0 saturated carbocycles. The van der Waals surface area contributed by atoms with E-state index in [1.807, 2.05) is 38.1 Å². The average molecular weight is 493 g/mol. The number of rotatable bonds is 6. The summed E-state index contributed by atoms with van der Waals surface area (Å²) in [5.74, 6) is 0.780. The second-order valence-corrected chi connectivity index (χ2v) is 10.3. The molecule has 0 aliphatic carbocycles. The minimum Gasteiger partial charge on any atom is -0.379 e. The van der Waals surface area contributed by atoms with Gasteiger partial charge in [0.05, 0.1) is 18.9 Å². The molecule has 5 rings (SSSR count). The SMILES string of the molecule is Cc1cc(C)nc(N2CCC(C(=O)Nc3nc(-c4ccccc4)c(CN4CCOCC4)s3)CC2)n1. The van der Waals surface area contributed by atoms with Crippen LogP contribution in [0.4, 0.5) is 11.1 Å². The first-order valence-electron chi connectivity index (χ1n) is 12.3. The number of anilines is 2. The molecular formula is C26H32N6O2S. The average Bonchev–Trinajstić information content (AvgIpc) is 3.26. The third kappa shape index (κ3) is 5.86. The van der Waals surface area contributed by atoms with Crippen molar-refractivity contribution < 1.29 is 9.53 Å². The van der Waals surface area contributed by atoms with Gasteiger partial charge in [-0.15, -0.1) is 0 Å². The molecule has 8 nitrogen and oxygen atoms in total. The minimum atomic E-state index is -0.0380. The van der Waals surface area contributed by atoms with E-state index in [1.165, 1.54) is 4.88 Å². The smallest absolute Gasteiger partial charge is 0.229 e. The van der Waals surface area contributed by atoms with Crippen LogP contribution in [0, 0.1) is 19.8 Å². The van der Waals surface area contributed by atoms with Crippen molar-refractivity contribution in [3.63, 3.8) is 0 Å². The molecular weight excluding hydrogens is 460 g/mol. The number of nitrogens with zero attached hydrogens (tertiary/aromatic N) is 5. The molecule has 0 spiro atoms. The Morgan fingerprint density at radius 3 is 2.40 bits per heavy atom. The van der Waals surface area contributed by atoms with Gasteiger partial charge in [-0.2, -0.15) is 0 Å². The van der Waals surface area contributed by atoms with Crippen LogP contribution in [0.1, 0.15) is 29.1 Å². The molecule has 0 unspecified atom stereocenters. The molecule has 2 aliphatic rings. The number of thiazole rings is 1. The molecule has 0 atom stereocenters. The number of morpholine rings is 1. The summed E-state index contributed by atoms with van der Waals surface area (Å²) in [6.45, 7) is 9.69. The highest BCUT2D eigenvalue weighted by Gasteiger charge is 2.27. The Morgan fingerprint density at radius 2 is 1.71 bits per heavy atom. The molecule has 3 aromatic rings. The summed E-state index contributed by atoms with van der Waals surface area (Å²) in [4.78, 5) is 32.9. The van der Waals surface area contributed by atoms with E-state index in [9.17, 15) is 4.79 Å². The van der Waals surface area contributed by atoms with E-state index in [1.54, 1.807) is 11.3 Å². The van der Waals surface area contributed by atoms with Gasteiger partial charge in [0.25, 0.3) is 0 Å². The summed E-state index contributed by atoms with van der Waals surface area (Å²) >= 11 is 1.58. The number of benzene rings is 1. The third-order valence-electron chi connectivity index (χ3n) is 6.56. The number of hydrogen-bond acceptors (Lipinski definition) is 8. The Hall–Kier alpha value is -2.88. The number of piperidine rings is 1. The summed E-state index contributed by atoms with van der Waals surface area (Å²) in [5, 5.41) is 3.81. The highest BCUT2D eigenvalue weighted by Crippen LogP contribution is 2.33. The van der Waals surface area contributed by atoms with Gasteiger partial charge in [0.15, 0.2) is 5.13 Å². The predicted octanol–water partition coefficient (Wildman–Crippen LogP) is 3.90. The van der Waals surface area contributed by atoms with E-state index >= 15 is 0 Å². The lowest BCUT2D eigenvalue weighted by atomic mass is 9.96. The van der Waals surface area contributed by atoms with E-state index < -0.39 is 0 Å². The van der Waals surface area contributed by atoms with Crippen LogP contribution in [-0.2, 0) is 16.1 Å². The summed E-state index contributed by atoms with van der Waals surface area (Å²) < 4.78 is 5.50. The van der Waals surface area contributed by atoms with Gasteiger partial charge in [-0.3, -0.25) is 9.69 Å². The molecule has 4 heterocycles. The van der Waals surface area contributed by atoms with Gasteiger partial charge in [-0.25, -0.2) is 15.0 Å². The van der Waals surface area contributed by atoms with E-state index in [2.05, 4.69) is 37.2 Å². The quantitative estimate of drug-likeness (QED) is 0.559. The maximum Gasteiger partial charge on any atom is 0.229 e. The second-order valence-electron chi connectivity index (χ2n) is 9.25. The highest BCUT2D eigenvalue weighted by molar-refractivity contribution is 7.16. The zero-order chi connectivity index (χ0) is 24.2. The van der Waals surface area contributed by atoms with Crippen LogP contribution < -0.4 is 10.2 Å². The third-order valence-corrected chi connectivity index (χ3v) is 7.52. The maximum absolute atomic E-state index is 13.1. The Bertz CT molecular complexity index is 1130. The molecule has 0 bridgehead atoms. The number of amides is 1.